The molecule has 1 aliphatic rings. The van der Waals surface area contributed by atoms with E-state index in [9.17, 15) is 9.59 Å². The summed E-state index contributed by atoms with van der Waals surface area (Å²) in [6.07, 6.45) is 8.26. The van der Waals surface area contributed by atoms with Gasteiger partial charge in [-0.1, -0.05) is 44.4 Å². The first-order valence-electron chi connectivity index (χ1n) is 15.2. The van der Waals surface area contributed by atoms with Crippen LogP contribution in [0, 0.1) is 6.92 Å². The molecule has 0 atom stereocenters. The number of hydrogen-bond acceptors (Lipinski definition) is 5. The molecule has 0 aromatic heterocycles. The number of ether oxygens (including phenoxy) is 1. The molecule has 226 valence electrons. The Hall–Kier alpha value is -3.10. The lowest BCUT2D eigenvalue weighted by molar-refractivity contribution is -0.120. The van der Waals surface area contributed by atoms with E-state index in [0.717, 1.165) is 63.6 Å². The molecule has 4 N–H and O–H groups in total. The third-order valence-electron chi connectivity index (χ3n) is 8.52. The number of aryl methyl sites for hydroxylation is 1. The Morgan fingerprint density at radius 3 is 2.45 bits per heavy atom. The van der Waals surface area contributed by atoms with Gasteiger partial charge in [-0.3, -0.25) is 14.5 Å². The molecule has 0 radical (unpaired) electrons. The first kappa shape index (κ1) is 31.8. The second kappa shape index (κ2) is 15.4. The SMILES string of the molecule is CCN(Cc1cc(C(=O)NCCCCNC(=O)Cc2ccc3cc(OC)ccc3c2C)cc(Br)c1N)C1CCCCC1. The highest BCUT2D eigenvalue weighted by Gasteiger charge is 2.22. The normalized spacial score (nSPS) is 13.8. The molecule has 0 bridgehead atoms. The van der Waals surface area contributed by atoms with Crippen molar-refractivity contribution in [3.8, 4) is 5.75 Å². The van der Waals surface area contributed by atoms with Crippen molar-refractivity contribution >= 4 is 44.2 Å². The minimum atomic E-state index is -0.105. The number of anilines is 1. The molecule has 0 heterocycles. The highest BCUT2D eigenvalue weighted by Crippen LogP contribution is 2.30. The molecular weight excluding hydrogens is 592 g/mol. The molecular formula is C34H45BrN4O3. The minimum absolute atomic E-state index is 0.00333. The van der Waals surface area contributed by atoms with Gasteiger partial charge in [-0.05, 0) is 107 Å². The zero-order chi connectivity index (χ0) is 30.1. The number of fused-ring (bicyclic) bond motifs is 1. The minimum Gasteiger partial charge on any atom is -0.497 e. The molecule has 0 saturated heterocycles. The number of amides is 2. The molecule has 3 aromatic rings. The van der Waals surface area contributed by atoms with Gasteiger partial charge in [-0.15, -0.1) is 0 Å². The van der Waals surface area contributed by atoms with E-state index in [1.165, 1.54) is 32.1 Å². The van der Waals surface area contributed by atoms with Crippen molar-refractivity contribution in [1.29, 1.82) is 0 Å². The van der Waals surface area contributed by atoms with Crippen molar-refractivity contribution in [3.05, 3.63) is 69.2 Å². The van der Waals surface area contributed by atoms with Crippen LogP contribution in [0.25, 0.3) is 10.8 Å². The average Bonchev–Trinajstić information content (AvgIpc) is 3.01. The topological polar surface area (TPSA) is 96.7 Å². The average molecular weight is 638 g/mol. The first-order chi connectivity index (χ1) is 20.3. The van der Waals surface area contributed by atoms with Crippen molar-refractivity contribution in [2.75, 3.05) is 32.5 Å². The molecule has 42 heavy (non-hydrogen) atoms. The van der Waals surface area contributed by atoms with E-state index < -0.39 is 0 Å². The summed E-state index contributed by atoms with van der Waals surface area (Å²) in [5.74, 6) is 0.720. The molecule has 2 amide bonds. The summed E-state index contributed by atoms with van der Waals surface area (Å²) in [6, 6.07) is 14.4. The Labute approximate surface area is 258 Å². The van der Waals surface area contributed by atoms with Crippen LogP contribution in [0.2, 0.25) is 0 Å². The molecule has 0 aliphatic heterocycles. The van der Waals surface area contributed by atoms with E-state index >= 15 is 0 Å². The van der Waals surface area contributed by atoms with E-state index in [4.69, 9.17) is 10.5 Å². The van der Waals surface area contributed by atoms with E-state index in [2.05, 4.69) is 45.3 Å². The Balaban J connectivity index is 1.21. The number of carbonyl (C=O) groups is 2. The van der Waals surface area contributed by atoms with Crippen molar-refractivity contribution < 1.29 is 14.3 Å². The third-order valence-corrected chi connectivity index (χ3v) is 9.17. The van der Waals surface area contributed by atoms with Gasteiger partial charge in [0.15, 0.2) is 0 Å². The lowest BCUT2D eigenvalue weighted by Crippen LogP contribution is -2.36. The summed E-state index contributed by atoms with van der Waals surface area (Å²) in [4.78, 5) is 28.0. The van der Waals surface area contributed by atoms with E-state index in [0.29, 0.717) is 36.8 Å². The molecule has 3 aromatic carbocycles. The van der Waals surface area contributed by atoms with E-state index in [-0.39, 0.29) is 11.8 Å². The van der Waals surface area contributed by atoms with Gasteiger partial charge in [0.05, 0.1) is 19.2 Å². The van der Waals surface area contributed by atoms with Crippen LogP contribution in [-0.4, -0.2) is 49.5 Å². The highest BCUT2D eigenvalue weighted by molar-refractivity contribution is 9.10. The summed E-state index contributed by atoms with van der Waals surface area (Å²) < 4.78 is 6.08. The van der Waals surface area contributed by atoms with Crippen LogP contribution in [0.3, 0.4) is 0 Å². The van der Waals surface area contributed by atoms with Gasteiger partial charge in [0, 0.05) is 35.7 Å². The number of methoxy groups -OCH3 is 1. The highest BCUT2D eigenvalue weighted by atomic mass is 79.9. The number of benzene rings is 3. The number of nitrogen functional groups attached to an aromatic ring is 1. The van der Waals surface area contributed by atoms with Crippen LogP contribution in [0.15, 0.2) is 46.9 Å². The van der Waals surface area contributed by atoms with Crippen molar-refractivity contribution in [2.45, 2.75) is 77.8 Å². The number of rotatable bonds is 13. The Morgan fingerprint density at radius 1 is 1.00 bits per heavy atom. The van der Waals surface area contributed by atoms with Crippen LogP contribution in [0.1, 0.15) is 78.9 Å². The number of halogens is 1. The van der Waals surface area contributed by atoms with Gasteiger partial charge >= 0.3 is 0 Å². The first-order valence-corrected chi connectivity index (χ1v) is 16.0. The van der Waals surface area contributed by atoms with Crippen LogP contribution in [0.5, 0.6) is 5.75 Å². The fourth-order valence-corrected chi connectivity index (χ4v) is 6.45. The Kier molecular flexibility index (Phi) is 11.7. The summed E-state index contributed by atoms with van der Waals surface area (Å²) in [5.41, 5.74) is 10.9. The standard InChI is InChI=1S/C34H45BrN4O3/c1-4-39(28-10-6-5-7-11-28)22-27-18-26(20-31(35)33(27)36)34(41)38-17-9-8-16-37-32(40)21-24-12-13-25-19-29(42-3)14-15-30(25)23(24)2/h12-15,18-20,28H,4-11,16-17,21-22,36H2,1-3H3,(H,37,40)(H,38,41). The number of nitrogens with two attached hydrogens (primary N) is 1. The van der Waals surface area contributed by atoms with Gasteiger partial charge in [0.25, 0.3) is 5.91 Å². The summed E-state index contributed by atoms with van der Waals surface area (Å²) >= 11 is 3.57. The van der Waals surface area contributed by atoms with Gasteiger partial charge < -0.3 is 21.1 Å². The van der Waals surface area contributed by atoms with Crippen LogP contribution in [0.4, 0.5) is 5.69 Å². The van der Waals surface area contributed by atoms with Crippen LogP contribution < -0.4 is 21.1 Å². The largest absolute Gasteiger partial charge is 0.497 e. The maximum Gasteiger partial charge on any atom is 0.251 e. The molecule has 0 unspecified atom stereocenters. The summed E-state index contributed by atoms with van der Waals surface area (Å²) in [7, 11) is 1.66. The lowest BCUT2D eigenvalue weighted by Gasteiger charge is -2.34. The number of nitrogens with zero attached hydrogens (tertiary/aromatic N) is 1. The predicted octanol–water partition coefficient (Wildman–Crippen LogP) is 6.53. The molecule has 4 rings (SSSR count). The molecule has 0 spiro atoms. The maximum atomic E-state index is 13.0. The van der Waals surface area contributed by atoms with Crippen LogP contribution >= 0.6 is 15.9 Å². The lowest BCUT2D eigenvalue weighted by atomic mass is 9.93. The van der Waals surface area contributed by atoms with Crippen LogP contribution in [-0.2, 0) is 17.8 Å². The monoisotopic (exact) mass is 636 g/mol. The predicted molar refractivity (Wildman–Crippen MR) is 175 cm³/mol. The zero-order valence-electron chi connectivity index (χ0n) is 25.2. The molecule has 1 aliphatic carbocycles. The van der Waals surface area contributed by atoms with E-state index in [1.807, 2.05) is 36.4 Å². The molecule has 1 fully saturated rings. The maximum absolute atomic E-state index is 13.0. The Bertz CT molecular complexity index is 1390. The van der Waals surface area contributed by atoms with Gasteiger partial charge in [-0.25, -0.2) is 0 Å². The van der Waals surface area contributed by atoms with Gasteiger partial charge in [0.1, 0.15) is 5.75 Å². The van der Waals surface area contributed by atoms with E-state index in [1.54, 1.807) is 13.2 Å². The fourth-order valence-electron chi connectivity index (χ4n) is 5.95. The van der Waals surface area contributed by atoms with Gasteiger partial charge in [0.2, 0.25) is 5.91 Å². The van der Waals surface area contributed by atoms with Gasteiger partial charge in [-0.2, -0.15) is 0 Å². The van der Waals surface area contributed by atoms with Crippen molar-refractivity contribution in [3.63, 3.8) is 0 Å². The second-order valence-electron chi connectivity index (χ2n) is 11.3. The number of nitrogens with one attached hydrogen (secondary N) is 2. The van der Waals surface area contributed by atoms with Crippen molar-refractivity contribution in [2.24, 2.45) is 0 Å². The molecule has 1 saturated carbocycles. The fraction of sp³-hybridized carbons (Fsp3) is 0.471. The molecule has 7 nitrogen and oxygen atoms in total. The zero-order valence-corrected chi connectivity index (χ0v) is 26.8. The number of carbonyl (C=O) groups excluding carboxylic acids is 2. The third kappa shape index (κ3) is 8.26. The number of unbranched alkanes of at least 4 members (excludes halogenated alkanes) is 1. The summed E-state index contributed by atoms with van der Waals surface area (Å²) in [5, 5.41) is 8.28. The van der Waals surface area contributed by atoms with Crippen molar-refractivity contribution in [1.82, 2.24) is 15.5 Å². The smallest absolute Gasteiger partial charge is 0.251 e. The second-order valence-corrected chi connectivity index (χ2v) is 12.2. The summed E-state index contributed by atoms with van der Waals surface area (Å²) in [6.45, 7) is 7.08. The number of hydrogen-bond donors (Lipinski definition) is 3. The quantitative estimate of drug-likeness (QED) is 0.146. The Morgan fingerprint density at radius 2 is 1.74 bits per heavy atom. The molecule has 8 heteroatoms.